The quantitative estimate of drug-likeness (QED) is 0.812. The van der Waals surface area contributed by atoms with Crippen LogP contribution < -0.4 is 0 Å². The number of fused-ring (bicyclic) bond motifs is 1. The molecule has 3 heteroatoms. The van der Waals surface area contributed by atoms with Crippen molar-refractivity contribution in [2.75, 3.05) is 13.2 Å². The lowest BCUT2D eigenvalue weighted by molar-refractivity contribution is -0.0826. The van der Waals surface area contributed by atoms with E-state index in [4.69, 9.17) is 4.74 Å². The van der Waals surface area contributed by atoms with Gasteiger partial charge in [-0.05, 0) is 29.7 Å². The van der Waals surface area contributed by atoms with Crippen LogP contribution in [0.1, 0.15) is 40.5 Å². The molecule has 0 amide bonds. The van der Waals surface area contributed by atoms with Crippen LogP contribution in [0.4, 0.5) is 0 Å². The minimum Gasteiger partial charge on any atom is -0.497 e. The summed E-state index contributed by atoms with van der Waals surface area (Å²) in [6, 6.07) is 0. The second-order valence-corrected chi connectivity index (χ2v) is 6.83. The third-order valence-electron chi connectivity index (χ3n) is 5.36. The van der Waals surface area contributed by atoms with E-state index in [0.29, 0.717) is 0 Å². The predicted octanol–water partition coefficient (Wildman–Crippen LogP) is 2.33. The lowest BCUT2D eigenvalue weighted by Gasteiger charge is -2.52. The zero-order valence-corrected chi connectivity index (χ0v) is 11.9. The summed E-state index contributed by atoms with van der Waals surface area (Å²) in [5.41, 5.74) is 1.14. The molecule has 4 atom stereocenters. The van der Waals surface area contributed by atoms with Crippen LogP contribution in [0.2, 0.25) is 0 Å². The van der Waals surface area contributed by atoms with Crippen molar-refractivity contribution < 1.29 is 14.9 Å². The van der Waals surface area contributed by atoms with Crippen LogP contribution in [0, 0.1) is 22.7 Å². The Balaban J connectivity index is 2.39. The number of ether oxygens (including phenoxy) is 1. The summed E-state index contributed by atoms with van der Waals surface area (Å²) >= 11 is 0. The fourth-order valence-electron chi connectivity index (χ4n) is 4.07. The van der Waals surface area contributed by atoms with Crippen LogP contribution in [-0.2, 0) is 4.74 Å². The zero-order chi connectivity index (χ0) is 13.6. The molecule has 0 aromatic rings. The van der Waals surface area contributed by atoms with Crippen LogP contribution in [0.5, 0.6) is 0 Å². The normalized spacial score (nSPS) is 39.8. The van der Waals surface area contributed by atoms with Gasteiger partial charge >= 0.3 is 0 Å². The first-order chi connectivity index (χ1) is 8.37. The Morgan fingerprint density at radius 2 is 2.06 bits per heavy atom. The number of aliphatic hydroxyl groups is 2. The van der Waals surface area contributed by atoms with Crippen molar-refractivity contribution in [3.05, 3.63) is 11.8 Å². The SMILES string of the molecule is C[C@H](CO)C1=CO[C@H]2CCC(C)(C)[C@H](CO)[C@@]12C. The largest absolute Gasteiger partial charge is 0.497 e. The van der Waals surface area contributed by atoms with Gasteiger partial charge in [0, 0.05) is 24.5 Å². The zero-order valence-electron chi connectivity index (χ0n) is 11.9. The molecule has 0 unspecified atom stereocenters. The van der Waals surface area contributed by atoms with E-state index in [1.807, 2.05) is 13.2 Å². The second-order valence-electron chi connectivity index (χ2n) is 6.83. The number of aliphatic hydroxyl groups excluding tert-OH is 2. The Hall–Kier alpha value is -0.540. The Kier molecular flexibility index (Phi) is 3.50. The summed E-state index contributed by atoms with van der Waals surface area (Å²) in [5, 5.41) is 19.3. The highest BCUT2D eigenvalue weighted by Gasteiger charge is 2.57. The summed E-state index contributed by atoms with van der Waals surface area (Å²) in [7, 11) is 0. The molecule has 0 bridgehead atoms. The van der Waals surface area contributed by atoms with Gasteiger partial charge in [0.15, 0.2) is 0 Å². The van der Waals surface area contributed by atoms with Gasteiger partial charge in [-0.25, -0.2) is 0 Å². The van der Waals surface area contributed by atoms with Gasteiger partial charge in [-0.2, -0.15) is 0 Å². The van der Waals surface area contributed by atoms with E-state index in [1.54, 1.807) is 0 Å². The van der Waals surface area contributed by atoms with Crippen LogP contribution >= 0.6 is 0 Å². The molecule has 1 fully saturated rings. The topological polar surface area (TPSA) is 49.7 Å². The first-order valence-corrected chi connectivity index (χ1v) is 6.95. The van der Waals surface area contributed by atoms with Crippen molar-refractivity contribution in [2.24, 2.45) is 22.7 Å². The average molecular weight is 254 g/mol. The molecule has 2 aliphatic rings. The number of hydrogen-bond acceptors (Lipinski definition) is 3. The average Bonchev–Trinajstić information content (AvgIpc) is 2.64. The highest BCUT2D eigenvalue weighted by Crippen LogP contribution is 2.59. The molecule has 2 N–H and O–H groups in total. The maximum Gasteiger partial charge on any atom is 0.107 e. The fraction of sp³-hybridized carbons (Fsp3) is 0.867. The molecule has 3 nitrogen and oxygen atoms in total. The molecule has 2 rings (SSSR count). The lowest BCUT2D eigenvalue weighted by Crippen LogP contribution is -2.52. The van der Waals surface area contributed by atoms with Crippen molar-refractivity contribution in [3.63, 3.8) is 0 Å². The maximum atomic E-state index is 9.87. The van der Waals surface area contributed by atoms with Crippen LogP contribution in [-0.4, -0.2) is 29.5 Å². The van der Waals surface area contributed by atoms with E-state index in [0.717, 1.165) is 12.8 Å². The Labute approximate surface area is 110 Å². The smallest absolute Gasteiger partial charge is 0.107 e. The standard InChI is InChI=1S/C15H26O3/c1-10(7-16)11-9-18-13-5-6-14(2,3)12(8-17)15(11,13)4/h9-10,12-13,16-17H,5-8H2,1-4H3/t10-,12+,13+,15-/m1/s1. The first-order valence-electron chi connectivity index (χ1n) is 6.95. The molecule has 104 valence electrons. The van der Waals surface area contributed by atoms with E-state index >= 15 is 0 Å². The second kappa shape index (κ2) is 4.53. The third kappa shape index (κ3) is 1.79. The highest BCUT2D eigenvalue weighted by molar-refractivity contribution is 5.26. The molecule has 1 saturated carbocycles. The van der Waals surface area contributed by atoms with Crippen LogP contribution in [0.3, 0.4) is 0 Å². The Bertz CT molecular complexity index is 348. The maximum absolute atomic E-state index is 9.87. The molecule has 0 saturated heterocycles. The minimum atomic E-state index is -0.140. The van der Waals surface area contributed by atoms with Gasteiger partial charge in [-0.3, -0.25) is 0 Å². The molecule has 1 heterocycles. The van der Waals surface area contributed by atoms with Crippen molar-refractivity contribution in [1.82, 2.24) is 0 Å². The molecule has 0 radical (unpaired) electrons. The number of rotatable bonds is 3. The molecule has 1 aliphatic heterocycles. The van der Waals surface area contributed by atoms with Crippen LogP contribution in [0.15, 0.2) is 11.8 Å². The lowest BCUT2D eigenvalue weighted by atomic mass is 9.52. The van der Waals surface area contributed by atoms with Gasteiger partial charge in [0.1, 0.15) is 6.10 Å². The summed E-state index contributed by atoms with van der Waals surface area (Å²) in [4.78, 5) is 0. The van der Waals surface area contributed by atoms with Gasteiger partial charge in [0.2, 0.25) is 0 Å². The predicted molar refractivity (Wildman–Crippen MR) is 70.9 cm³/mol. The first kappa shape index (κ1) is 13.9. The molecule has 1 aliphatic carbocycles. The highest BCUT2D eigenvalue weighted by atomic mass is 16.5. The Morgan fingerprint density at radius 3 is 2.61 bits per heavy atom. The number of hydrogen-bond donors (Lipinski definition) is 2. The van der Waals surface area contributed by atoms with Gasteiger partial charge in [-0.1, -0.05) is 27.7 Å². The van der Waals surface area contributed by atoms with Gasteiger partial charge in [-0.15, -0.1) is 0 Å². The van der Waals surface area contributed by atoms with E-state index < -0.39 is 0 Å². The van der Waals surface area contributed by atoms with Crippen LogP contribution in [0.25, 0.3) is 0 Å². The third-order valence-corrected chi connectivity index (χ3v) is 5.36. The fourth-order valence-corrected chi connectivity index (χ4v) is 4.07. The molecule has 0 aromatic carbocycles. The van der Waals surface area contributed by atoms with E-state index in [2.05, 4.69) is 20.8 Å². The monoisotopic (exact) mass is 254 g/mol. The van der Waals surface area contributed by atoms with Crippen molar-refractivity contribution in [3.8, 4) is 0 Å². The molecule has 0 aromatic heterocycles. The summed E-state index contributed by atoms with van der Waals surface area (Å²) in [5.74, 6) is 0.287. The minimum absolute atomic E-state index is 0.1000. The Morgan fingerprint density at radius 1 is 1.39 bits per heavy atom. The molecule has 0 spiro atoms. The summed E-state index contributed by atoms with van der Waals surface area (Å²) in [6.45, 7) is 9.00. The van der Waals surface area contributed by atoms with Gasteiger partial charge in [0.25, 0.3) is 0 Å². The van der Waals surface area contributed by atoms with Gasteiger partial charge in [0.05, 0.1) is 6.26 Å². The van der Waals surface area contributed by atoms with Crippen molar-refractivity contribution in [1.29, 1.82) is 0 Å². The van der Waals surface area contributed by atoms with E-state index in [-0.39, 0.29) is 42.0 Å². The van der Waals surface area contributed by atoms with E-state index in [9.17, 15) is 10.2 Å². The molecular formula is C15H26O3. The van der Waals surface area contributed by atoms with E-state index in [1.165, 1.54) is 5.57 Å². The van der Waals surface area contributed by atoms with Gasteiger partial charge < -0.3 is 14.9 Å². The molecule has 18 heavy (non-hydrogen) atoms. The van der Waals surface area contributed by atoms with Crippen molar-refractivity contribution in [2.45, 2.75) is 46.6 Å². The summed E-state index contributed by atoms with van der Waals surface area (Å²) in [6.07, 6.45) is 4.10. The summed E-state index contributed by atoms with van der Waals surface area (Å²) < 4.78 is 5.84. The molecular weight excluding hydrogens is 228 g/mol. The van der Waals surface area contributed by atoms with Crippen molar-refractivity contribution >= 4 is 0 Å².